The van der Waals surface area contributed by atoms with Crippen molar-refractivity contribution in [2.24, 2.45) is 0 Å². The van der Waals surface area contributed by atoms with Gasteiger partial charge in [0.1, 0.15) is 6.54 Å². The van der Waals surface area contributed by atoms with E-state index in [1.165, 1.54) is 11.0 Å². The second-order valence-electron chi connectivity index (χ2n) is 6.40. The molecule has 7 heteroatoms. The van der Waals surface area contributed by atoms with Crippen LogP contribution in [0, 0.1) is 0 Å². The quantitative estimate of drug-likeness (QED) is 0.727. The van der Waals surface area contributed by atoms with Gasteiger partial charge in [0.25, 0.3) is 0 Å². The van der Waals surface area contributed by atoms with Crippen molar-refractivity contribution in [1.29, 1.82) is 0 Å². The van der Waals surface area contributed by atoms with Gasteiger partial charge in [-0.05, 0) is 48.7 Å². The van der Waals surface area contributed by atoms with Crippen LogP contribution in [-0.2, 0) is 14.3 Å². The second kappa shape index (κ2) is 10.1. The molecule has 0 unspecified atom stereocenters. The summed E-state index contributed by atoms with van der Waals surface area (Å²) in [6.45, 7) is 5.57. The first-order valence-electron chi connectivity index (χ1n) is 9.39. The van der Waals surface area contributed by atoms with Gasteiger partial charge in [-0.2, -0.15) is 0 Å². The number of rotatable bonds is 7. The molecule has 0 saturated carbocycles. The Hall–Kier alpha value is -2.64. The van der Waals surface area contributed by atoms with Gasteiger partial charge in [-0.25, -0.2) is 0 Å². The molecule has 0 bridgehead atoms. The molecular formula is C21H25N3O3S. The Kier molecular flexibility index (Phi) is 7.22. The maximum atomic E-state index is 12.4. The van der Waals surface area contributed by atoms with Gasteiger partial charge >= 0.3 is 0 Å². The number of ether oxygens (including phenoxy) is 1. The standard InChI is InChI=1S/C21H25N3O3S/c1-2-23(21(26)10-9-19-4-3-15-28-19)16-20(25)22-17-5-7-18(8-6-17)24-11-13-27-14-12-24/h3-10,15H,2,11-14,16H2,1H3,(H,22,25)/b10-9+. The fourth-order valence-electron chi connectivity index (χ4n) is 2.94. The molecule has 2 heterocycles. The van der Waals surface area contributed by atoms with Crippen molar-refractivity contribution in [2.75, 3.05) is 49.6 Å². The third-order valence-corrected chi connectivity index (χ3v) is 5.33. The normalized spacial score (nSPS) is 14.2. The van der Waals surface area contributed by atoms with Crippen LogP contribution < -0.4 is 10.2 Å². The molecule has 28 heavy (non-hydrogen) atoms. The van der Waals surface area contributed by atoms with Crippen molar-refractivity contribution in [2.45, 2.75) is 6.92 Å². The smallest absolute Gasteiger partial charge is 0.247 e. The summed E-state index contributed by atoms with van der Waals surface area (Å²) in [5, 5.41) is 4.82. The molecule has 2 amide bonds. The van der Waals surface area contributed by atoms with Crippen LogP contribution in [0.5, 0.6) is 0 Å². The Balaban J connectivity index is 1.52. The van der Waals surface area contributed by atoms with Crippen molar-refractivity contribution in [3.8, 4) is 0 Å². The van der Waals surface area contributed by atoms with Crippen LogP contribution in [0.1, 0.15) is 11.8 Å². The topological polar surface area (TPSA) is 61.9 Å². The number of amides is 2. The lowest BCUT2D eigenvalue weighted by Gasteiger charge is -2.29. The van der Waals surface area contributed by atoms with Gasteiger partial charge < -0.3 is 19.9 Å². The van der Waals surface area contributed by atoms with E-state index in [-0.39, 0.29) is 18.4 Å². The minimum atomic E-state index is -0.209. The molecule has 3 rings (SSSR count). The Bertz CT molecular complexity index is 797. The maximum absolute atomic E-state index is 12.4. The highest BCUT2D eigenvalue weighted by atomic mass is 32.1. The summed E-state index contributed by atoms with van der Waals surface area (Å²) in [7, 11) is 0. The number of nitrogens with zero attached hydrogens (tertiary/aromatic N) is 2. The number of morpholine rings is 1. The van der Waals surface area contributed by atoms with E-state index < -0.39 is 0 Å². The second-order valence-corrected chi connectivity index (χ2v) is 7.37. The Morgan fingerprint density at radius 2 is 1.96 bits per heavy atom. The first-order valence-corrected chi connectivity index (χ1v) is 10.3. The van der Waals surface area contributed by atoms with Crippen LogP contribution >= 0.6 is 11.3 Å². The molecule has 1 aliphatic rings. The zero-order valence-electron chi connectivity index (χ0n) is 16.0. The van der Waals surface area contributed by atoms with Crippen LogP contribution in [-0.4, -0.2) is 56.1 Å². The van der Waals surface area contributed by atoms with Crippen LogP contribution in [0.25, 0.3) is 6.08 Å². The van der Waals surface area contributed by atoms with E-state index in [0.29, 0.717) is 6.54 Å². The number of carbonyl (C=O) groups excluding carboxylic acids is 2. The molecule has 0 aliphatic carbocycles. The van der Waals surface area contributed by atoms with E-state index in [1.807, 2.05) is 48.7 Å². The molecule has 0 spiro atoms. The summed E-state index contributed by atoms with van der Waals surface area (Å²) >= 11 is 1.56. The highest BCUT2D eigenvalue weighted by Crippen LogP contribution is 2.19. The van der Waals surface area contributed by atoms with Crippen molar-refractivity contribution in [3.05, 3.63) is 52.7 Å². The number of anilines is 2. The molecular weight excluding hydrogens is 374 g/mol. The van der Waals surface area contributed by atoms with Crippen LogP contribution in [0.15, 0.2) is 47.9 Å². The first-order chi connectivity index (χ1) is 13.7. The molecule has 148 valence electrons. The summed E-state index contributed by atoms with van der Waals surface area (Å²) < 4.78 is 5.37. The number of nitrogens with one attached hydrogen (secondary N) is 1. The summed E-state index contributed by atoms with van der Waals surface area (Å²) in [6.07, 6.45) is 3.29. The van der Waals surface area contributed by atoms with Crippen LogP contribution in [0.2, 0.25) is 0 Å². The molecule has 1 saturated heterocycles. The fraction of sp³-hybridized carbons (Fsp3) is 0.333. The minimum Gasteiger partial charge on any atom is -0.378 e. The van der Waals surface area contributed by atoms with Gasteiger partial charge in [0.05, 0.1) is 13.2 Å². The number of hydrogen-bond acceptors (Lipinski definition) is 5. The number of benzene rings is 1. The molecule has 2 aromatic rings. The highest BCUT2D eigenvalue weighted by molar-refractivity contribution is 7.10. The Labute approximate surface area is 169 Å². The minimum absolute atomic E-state index is 0.0231. The monoisotopic (exact) mass is 399 g/mol. The Morgan fingerprint density at radius 1 is 1.21 bits per heavy atom. The molecule has 6 nitrogen and oxygen atoms in total. The lowest BCUT2D eigenvalue weighted by Crippen LogP contribution is -2.37. The average Bonchev–Trinajstić information content (AvgIpc) is 3.25. The number of thiophene rings is 1. The average molecular weight is 400 g/mol. The zero-order valence-corrected chi connectivity index (χ0v) is 16.8. The van der Waals surface area contributed by atoms with Crippen molar-refractivity contribution in [3.63, 3.8) is 0 Å². The summed E-state index contributed by atoms with van der Waals surface area (Å²) in [5.74, 6) is -0.382. The van der Waals surface area contributed by atoms with Crippen LogP contribution in [0.4, 0.5) is 11.4 Å². The van der Waals surface area contributed by atoms with E-state index in [2.05, 4.69) is 10.2 Å². The Morgan fingerprint density at radius 3 is 2.61 bits per heavy atom. The first kappa shape index (κ1) is 20.1. The molecule has 1 N–H and O–H groups in total. The maximum Gasteiger partial charge on any atom is 0.247 e. The van der Waals surface area contributed by atoms with Gasteiger partial charge in [0.2, 0.25) is 11.8 Å². The molecule has 1 aromatic heterocycles. The predicted molar refractivity (Wildman–Crippen MR) is 114 cm³/mol. The van der Waals surface area contributed by atoms with Gasteiger partial charge in [-0.3, -0.25) is 9.59 Å². The van der Waals surface area contributed by atoms with E-state index in [0.717, 1.165) is 42.6 Å². The number of hydrogen-bond donors (Lipinski definition) is 1. The van der Waals surface area contributed by atoms with Gasteiger partial charge in [0.15, 0.2) is 0 Å². The van der Waals surface area contributed by atoms with Gasteiger partial charge in [-0.15, -0.1) is 11.3 Å². The number of likely N-dealkylation sites (N-methyl/N-ethyl adjacent to an activating group) is 1. The van der Waals surface area contributed by atoms with E-state index in [4.69, 9.17) is 4.74 Å². The summed E-state index contributed by atoms with van der Waals surface area (Å²) in [6, 6.07) is 11.6. The van der Waals surface area contributed by atoms with E-state index in [9.17, 15) is 9.59 Å². The summed E-state index contributed by atoms with van der Waals surface area (Å²) in [5.41, 5.74) is 1.84. The largest absolute Gasteiger partial charge is 0.378 e. The predicted octanol–water partition coefficient (Wildman–Crippen LogP) is 3.09. The van der Waals surface area contributed by atoms with Gasteiger partial charge in [-0.1, -0.05) is 6.07 Å². The highest BCUT2D eigenvalue weighted by Gasteiger charge is 2.14. The molecule has 1 fully saturated rings. The van der Waals surface area contributed by atoms with Gasteiger partial charge in [0, 0.05) is 42.0 Å². The number of carbonyl (C=O) groups is 2. The molecule has 0 radical (unpaired) electrons. The third kappa shape index (κ3) is 5.68. The fourth-order valence-corrected chi connectivity index (χ4v) is 3.56. The van der Waals surface area contributed by atoms with E-state index in [1.54, 1.807) is 17.4 Å². The zero-order chi connectivity index (χ0) is 19.8. The van der Waals surface area contributed by atoms with Crippen molar-refractivity contribution in [1.82, 2.24) is 4.90 Å². The van der Waals surface area contributed by atoms with Crippen LogP contribution in [0.3, 0.4) is 0 Å². The van der Waals surface area contributed by atoms with E-state index >= 15 is 0 Å². The lowest BCUT2D eigenvalue weighted by molar-refractivity contribution is -0.130. The lowest BCUT2D eigenvalue weighted by atomic mass is 10.2. The third-order valence-electron chi connectivity index (χ3n) is 4.49. The molecule has 1 aromatic carbocycles. The molecule has 1 aliphatic heterocycles. The van der Waals surface area contributed by atoms with Crippen molar-refractivity contribution < 1.29 is 14.3 Å². The van der Waals surface area contributed by atoms with Crippen molar-refractivity contribution >= 4 is 40.6 Å². The SMILES string of the molecule is CCN(CC(=O)Nc1ccc(N2CCOCC2)cc1)C(=O)/C=C/c1cccs1. The molecule has 0 atom stereocenters. The summed E-state index contributed by atoms with van der Waals surface area (Å²) in [4.78, 5) is 29.5.